The molecule has 4 atom stereocenters. The maximum absolute atomic E-state index is 11.5. The van der Waals surface area contributed by atoms with E-state index >= 15 is 0 Å². The van der Waals surface area contributed by atoms with E-state index in [2.05, 4.69) is 27.7 Å². The first-order chi connectivity index (χ1) is 25.6. The van der Waals surface area contributed by atoms with E-state index in [0.29, 0.717) is 26.4 Å². The van der Waals surface area contributed by atoms with Crippen LogP contribution in [0.1, 0.15) is 233 Å². The standard InChI is InChI=1S/C46H94O6/c1-5-9-13-17-21-25-29-33-37-49-41-43(51-39-35-31-27-23-19-15-11-7-3)45(47)46(48)44(52-40-36-32-28-24-20-16-12-8-4)42-50-38-34-30-26-22-18-14-10-6-2/h43-48H,5-42H2,1-4H3/t43-,44-,45-,46-/m1/s1. The Kier molecular flexibility index (Phi) is 43.3. The Bertz CT molecular complexity index is 594. The molecule has 0 saturated carbocycles. The highest BCUT2D eigenvalue weighted by atomic mass is 16.6. The lowest BCUT2D eigenvalue weighted by molar-refractivity contribution is -0.163. The molecule has 0 radical (unpaired) electrons. The molecule has 0 aliphatic carbocycles. The fraction of sp³-hybridized carbons (Fsp3) is 1.00. The second-order valence-electron chi connectivity index (χ2n) is 15.8. The summed E-state index contributed by atoms with van der Waals surface area (Å²) in [6.07, 6.45) is 36.5. The van der Waals surface area contributed by atoms with Gasteiger partial charge in [-0.3, -0.25) is 0 Å². The van der Waals surface area contributed by atoms with Gasteiger partial charge in [-0.25, -0.2) is 0 Å². The highest BCUT2D eigenvalue weighted by Crippen LogP contribution is 2.17. The molecule has 0 aromatic heterocycles. The van der Waals surface area contributed by atoms with Gasteiger partial charge < -0.3 is 29.2 Å². The molecule has 0 aliphatic heterocycles. The average Bonchev–Trinajstić information content (AvgIpc) is 3.15. The van der Waals surface area contributed by atoms with Gasteiger partial charge in [0.05, 0.1) is 13.2 Å². The molecule has 0 rings (SSSR count). The largest absolute Gasteiger partial charge is 0.388 e. The van der Waals surface area contributed by atoms with E-state index in [1.54, 1.807) is 0 Å². The Hall–Kier alpha value is -0.240. The summed E-state index contributed by atoms with van der Waals surface area (Å²) in [5.74, 6) is 0. The van der Waals surface area contributed by atoms with E-state index in [-0.39, 0.29) is 13.2 Å². The third kappa shape index (κ3) is 35.5. The van der Waals surface area contributed by atoms with Crippen molar-refractivity contribution in [1.82, 2.24) is 0 Å². The minimum absolute atomic E-state index is 0.287. The monoisotopic (exact) mass is 743 g/mol. The Morgan fingerprint density at radius 2 is 0.500 bits per heavy atom. The number of ether oxygens (including phenoxy) is 4. The molecule has 314 valence electrons. The molecule has 6 heteroatoms. The van der Waals surface area contributed by atoms with E-state index in [0.717, 1.165) is 38.5 Å². The Labute approximate surface area is 325 Å². The zero-order valence-electron chi connectivity index (χ0n) is 35.7. The van der Waals surface area contributed by atoms with Crippen LogP contribution in [0.4, 0.5) is 0 Å². The van der Waals surface area contributed by atoms with Gasteiger partial charge in [-0.1, -0.05) is 207 Å². The summed E-state index contributed by atoms with van der Waals surface area (Å²) < 4.78 is 24.7. The van der Waals surface area contributed by atoms with E-state index in [4.69, 9.17) is 18.9 Å². The quantitative estimate of drug-likeness (QED) is 0.0605. The first-order valence-electron chi connectivity index (χ1n) is 23.4. The number of hydrogen-bond donors (Lipinski definition) is 2. The van der Waals surface area contributed by atoms with Gasteiger partial charge in [-0.15, -0.1) is 0 Å². The molecule has 0 saturated heterocycles. The highest BCUT2D eigenvalue weighted by Gasteiger charge is 2.34. The normalized spacial score (nSPS) is 14.2. The van der Waals surface area contributed by atoms with Gasteiger partial charge in [0.25, 0.3) is 0 Å². The van der Waals surface area contributed by atoms with Crippen LogP contribution >= 0.6 is 0 Å². The molecule has 0 fully saturated rings. The first-order valence-corrected chi connectivity index (χ1v) is 23.4. The molecular weight excluding hydrogens is 649 g/mol. The van der Waals surface area contributed by atoms with Crippen LogP contribution in [0.25, 0.3) is 0 Å². The third-order valence-corrected chi connectivity index (χ3v) is 10.6. The number of aliphatic hydroxyl groups is 2. The van der Waals surface area contributed by atoms with Crippen molar-refractivity contribution in [2.75, 3.05) is 39.6 Å². The molecule has 0 aromatic rings. The topological polar surface area (TPSA) is 77.4 Å². The molecule has 2 N–H and O–H groups in total. The predicted molar refractivity (Wildman–Crippen MR) is 224 cm³/mol. The summed E-state index contributed by atoms with van der Waals surface area (Å²) in [4.78, 5) is 0. The Morgan fingerprint density at radius 1 is 0.288 bits per heavy atom. The molecule has 0 aliphatic rings. The summed E-state index contributed by atoms with van der Waals surface area (Å²) in [5.41, 5.74) is 0. The lowest BCUT2D eigenvalue weighted by atomic mass is 10.0. The fourth-order valence-electron chi connectivity index (χ4n) is 6.95. The minimum atomic E-state index is -1.09. The zero-order valence-corrected chi connectivity index (χ0v) is 35.7. The molecule has 6 nitrogen and oxygen atoms in total. The fourth-order valence-corrected chi connectivity index (χ4v) is 6.95. The van der Waals surface area contributed by atoms with Crippen LogP contribution in [0, 0.1) is 0 Å². The van der Waals surface area contributed by atoms with Crippen molar-refractivity contribution in [3.05, 3.63) is 0 Å². The first kappa shape index (κ1) is 51.8. The van der Waals surface area contributed by atoms with E-state index < -0.39 is 24.4 Å². The summed E-state index contributed by atoms with van der Waals surface area (Å²) in [6, 6.07) is 0. The molecule has 0 heterocycles. The van der Waals surface area contributed by atoms with Crippen molar-refractivity contribution in [2.45, 2.75) is 258 Å². The van der Waals surface area contributed by atoms with E-state index in [1.165, 1.54) is 167 Å². The summed E-state index contributed by atoms with van der Waals surface area (Å²) in [7, 11) is 0. The minimum Gasteiger partial charge on any atom is -0.388 e. The smallest absolute Gasteiger partial charge is 0.111 e. The summed E-state index contributed by atoms with van der Waals surface area (Å²) in [5, 5.41) is 23.1. The lowest BCUT2D eigenvalue weighted by Gasteiger charge is -2.32. The van der Waals surface area contributed by atoms with Gasteiger partial charge in [-0.05, 0) is 25.7 Å². The molecule has 52 heavy (non-hydrogen) atoms. The van der Waals surface area contributed by atoms with Crippen LogP contribution in [-0.4, -0.2) is 74.3 Å². The predicted octanol–water partition coefficient (Wildman–Crippen LogP) is 13.1. The van der Waals surface area contributed by atoms with Crippen molar-refractivity contribution in [2.24, 2.45) is 0 Å². The van der Waals surface area contributed by atoms with Crippen LogP contribution < -0.4 is 0 Å². The summed E-state index contributed by atoms with van der Waals surface area (Å²) in [6.45, 7) is 12.1. The molecule has 0 aromatic carbocycles. The van der Waals surface area contributed by atoms with Gasteiger partial charge in [-0.2, -0.15) is 0 Å². The molecular formula is C46H94O6. The summed E-state index contributed by atoms with van der Waals surface area (Å²) >= 11 is 0. The van der Waals surface area contributed by atoms with Crippen molar-refractivity contribution >= 4 is 0 Å². The van der Waals surface area contributed by atoms with Gasteiger partial charge in [0.15, 0.2) is 0 Å². The highest BCUT2D eigenvalue weighted by molar-refractivity contribution is 4.83. The van der Waals surface area contributed by atoms with E-state index in [1.807, 2.05) is 0 Å². The van der Waals surface area contributed by atoms with Gasteiger partial charge in [0, 0.05) is 26.4 Å². The maximum Gasteiger partial charge on any atom is 0.111 e. The van der Waals surface area contributed by atoms with Crippen molar-refractivity contribution in [3.8, 4) is 0 Å². The van der Waals surface area contributed by atoms with Crippen molar-refractivity contribution < 1.29 is 29.2 Å². The SMILES string of the molecule is CCCCCCCCCCOC[C@@H](OCCCCCCCCCC)[C@@H](O)[C@H](O)[C@@H](COCCCCCCCCCC)OCCCCCCCCCC. The van der Waals surface area contributed by atoms with Gasteiger partial charge in [0.2, 0.25) is 0 Å². The van der Waals surface area contributed by atoms with E-state index in [9.17, 15) is 10.2 Å². The second-order valence-corrected chi connectivity index (χ2v) is 15.8. The van der Waals surface area contributed by atoms with Crippen LogP contribution in [0.3, 0.4) is 0 Å². The van der Waals surface area contributed by atoms with Crippen molar-refractivity contribution in [3.63, 3.8) is 0 Å². The van der Waals surface area contributed by atoms with Gasteiger partial charge >= 0.3 is 0 Å². The molecule has 0 unspecified atom stereocenters. The number of rotatable bonds is 45. The van der Waals surface area contributed by atoms with Crippen LogP contribution in [0.2, 0.25) is 0 Å². The number of unbranched alkanes of at least 4 members (excludes halogenated alkanes) is 28. The zero-order chi connectivity index (χ0) is 38.0. The average molecular weight is 743 g/mol. The van der Waals surface area contributed by atoms with Crippen LogP contribution in [0.15, 0.2) is 0 Å². The van der Waals surface area contributed by atoms with Gasteiger partial charge in [0.1, 0.15) is 24.4 Å². The lowest BCUT2D eigenvalue weighted by Crippen LogP contribution is -2.50. The third-order valence-electron chi connectivity index (χ3n) is 10.6. The van der Waals surface area contributed by atoms with Crippen molar-refractivity contribution in [1.29, 1.82) is 0 Å². The molecule has 0 bridgehead atoms. The second kappa shape index (κ2) is 43.5. The van der Waals surface area contributed by atoms with Crippen LogP contribution in [-0.2, 0) is 18.9 Å². The Morgan fingerprint density at radius 3 is 0.750 bits per heavy atom. The van der Waals surface area contributed by atoms with Crippen LogP contribution in [0.5, 0.6) is 0 Å². The Balaban J connectivity index is 5.00. The maximum atomic E-state index is 11.5. The number of aliphatic hydroxyl groups excluding tert-OH is 2. The molecule has 0 spiro atoms. The molecule has 0 amide bonds. The number of hydrogen-bond acceptors (Lipinski definition) is 6.